The molecule has 0 aliphatic heterocycles. The number of carbonyl (C=O) groups excluding carboxylic acids is 2. The molecule has 9 heteroatoms. The summed E-state index contributed by atoms with van der Waals surface area (Å²) in [6.07, 6.45) is -2.78. The molecule has 1 aliphatic rings. The van der Waals surface area contributed by atoms with Crippen molar-refractivity contribution in [3.63, 3.8) is 0 Å². The van der Waals surface area contributed by atoms with Crippen LogP contribution in [-0.4, -0.2) is 30.8 Å². The summed E-state index contributed by atoms with van der Waals surface area (Å²) in [6, 6.07) is 10.3. The molecule has 0 aromatic heterocycles. The largest absolute Gasteiger partial charge is 0.573 e. The molecule has 0 atom stereocenters. The Kier molecular flexibility index (Phi) is 5.95. The van der Waals surface area contributed by atoms with Crippen LogP contribution >= 0.6 is 0 Å². The van der Waals surface area contributed by atoms with Crippen molar-refractivity contribution < 1.29 is 27.5 Å². The molecule has 0 bridgehead atoms. The topological polar surface area (TPSA) is 79.5 Å². The SMILES string of the molecule is Cc1ccc(C(=O)NC2CC2)cc1NCC(=O)Nc1ccc(OC(F)(F)F)cc1. The quantitative estimate of drug-likeness (QED) is 0.652. The monoisotopic (exact) mass is 407 g/mol. The van der Waals surface area contributed by atoms with Gasteiger partial charge in [-0.15, -0.1) is 13.2 Å². The number of amides is 2. The van der Waals surface area contributed by atoms with Crippen LogP contribution in [0.5, 0.6) is 5.75 Å². The first kappa shape index (κ1) is 20.5. The standard InChI is InChI=1S/C20H20F3N3O3/c1-12-2-3-13(19(28)26-15-4-5-15)10-17(12)24-11-18(27)25-14-6-8-16(9-7-14)29-20(21,22)23/h2-3,6-10,15,24H,4-5,11H2,1H3,(H,25,27)(H,26,28). The molecule has 1 aliphatic carbocycles. The van der Waals surface area contributed by atoms with E-state index in [0.29, 0.717) is 16.9 Å². The Labute approximate surface area is 165 Å². The van der Waals surface area contributed by atoms with E-state index in [1.165, 1.54) is 12.1 Å². The average Bonchev–Trinajstić information content (AvgIpc) is 3.45. The lowest BCUT2D eigenvalue weighted by Crippen LogP contribution is -2.26. The average molecular weight is 407 g/mol. The highest BCUT2D eigenvalue weighted by Gasteiger charge is 2.31. The molecule has 0 heterocycles. The van der Waals surface area contributed by atoms with E-state index in [1.807, 2.05) is 6.92 Å². The van der Waals surface area contributed by atoms with E-state index in [1.54, 1.807) is 18.2 Å². The van der Waals surface area contributed by atoms with Crippen LogP contribution in [0.4, 0.5) is 24.5 Å². The van der Waals surface area contributed by atoms with Crippen molar-refractivity contribution in [2.24, 2.45) is 0 Å². The predicted molar refractivity (Wildman–Crippen MR) is 102 cm³/mol. The van der Waals surface area contributed by atoms with Gasteiger partial charge >= 0.3 is 6.36 Å². The van der Waals surface area contributed by atoms with Crippen LogP contribution in [0.3, 0.4) is 0 Å². The summed E-state index contributed by atoms with van der Waals surface area (Å²) in [5.41, 5.74) is 2.36. The fourth-order valence-electron chi connectivity index (χ4n) is 2.57. The molecule has 6 nitrogen and oxygen atoms in total. The van der Waals surface area contributed by atoms with Gasteiger partial charge in [-0.3, -0.25) is 9.59 Å². The van der Waals surface area contributed by atoms with Gasteiger partial charge in [-0.2, -0.15) is 0 Å². The Bertz CT molecular complexity index is 894. The summed E-state index contributed by atoms with van der Waals surface area (Å²) in [6.45, 7) is 1.78. The van der Waals surface area contributed by atoms with E-state index in [0.717, 1.165) is 30.5 Å². The van der Waals surface area contributed by atoms with Crippen LogP contribution in [0.15, 0.2) is 42.5 Å². The number of hydrogen-bond donors (Lipinski definition) is 3. The summed E-state index contributed by atoms with van der Waals surface area (Å²) < 4.78 is 40.3. The molecule has 154 valence electrons. The lowest BCUT2D eigenvalue weighted by atomic mass is 10.1. The van der Waals surface area contributed by atoms with E-state index in [-0.39, 0.29) is 30.2 Å². The summed E-state index contributed by atoms with van der Waals surface area (Å²) >= 11 is 0. The van der Waals surface area contributed by atoms with Gasteiger partial charge in [0, 0.05) is 23.0 Å². The van der Waals surface area contributed by atoms with E-state index in [4.69, 9.17) is 0 Å². The van der Waals surface area contributed by atoms with Crippen molar-refractivity contribution in [3.8, 4) is 5.75 Å². The number of aryl methyl sites for hydroxylation is 1. The van der Waals surface area contributed by atoms with Gasteiger partial charge < -0.3 is 20.7 Å². The van der Waals surface area contributed by atoms with Crippen LogP contribution in [0.25, 0.3) is 0 Å². The molecule has 2 aromatic rings. The minimum Gasteiger partial charge on any atom is -0.406 e. The fourth-order valence-corrected chi connectivity index (χ4v) is 2.57. The number of benzene rings is 2. The highest BCUT2D eigenvalue weighted by Crippen LogP contribution is 2.24. The molecule has 2 aromatic carbocycles. The molecule has 0 radical (unpaired) electrons. The van der Waals surface area contributed by atoms with Crippen molar-refractivity contribution >= 4 is 23.2 Å². The predicted octanol–water partition coefficient (Wildman–Crippen LogP) is 3.84. The first-order chi connectivity index (χ1) is 13.7. The Hall–Kier alpha value is -3.23. The fraction of sp³-hybridized carbons (Fsp3) is 0.300. The van der Waals surface area contributed by atoms with Crippen LogP contribution < -0.4 is 20.7 Å². The number of hydrogen-bond acceptors (Lipinski definition) is 4. The van der Waals surface area contributed by atoms with Gasteiger partial charge in [-0.05, 0) is 61.7 Å². The van der Waals surface area contributed by atoms with Crippen molar-refractivity contribution in [1.82, 2.24) is 5.32 Å². The molecule has 1 saturated carbocycles. The van der Waals surface area contributed by atoms with Crippen molar-refractivity contribution in [2.45, 2.75) is 32.2 Å². The zero-order valence-electron chi connectivity index (χ0n) is 15.6. The molecule has 0 spiro atoms. The molecule has 2 amide bonds. The number of ether oxygens (including phenoxy) is 1. The van der Waals surface area contributed by atoms with Gasteiger partial charge in [0.2, 0.25) is 5.91 Å². The zero-order chi connectivity index (χ0) is 21.0. The number of halogens is 3. The van der Waals surface area contributed by atoms with E-state index in [9.17, 15) is 22.8 Å². The summed E-state index contributed by atoms with van der Waals surface area (Å²) in [5, 5.41) is 8.46. The van der Waals surface area contributed by atoms with Gasteiger partial charge in [0.05, 0.1) is 6.54 Å². The van der Waals surface area contributed by atoms with Crippen LogP contribution in [0, 0.1) is 6.92 Å². The second-order valence-corrected chi connectivity index (χ2v) is 6.75. The zero-order valence-corrected chi connectivity index (χ0v) is 15.6. The Morgan fingerprint density at radius 2 is 1.79 bits per heavy atom. The number of carbonyl (C=O) groups is 2. The summed E-state index contributed by atoms with van der Waals surface area (Å²) in [5.74, 6) is -0.909. The molecule has 3 N–H and O–H groups in total. The molecule has 0 unspecified atom stereocenters. The van der Waals surface area contributed by atoms with E-state index >= 15 is 0 Å². The molecular formula is C20H20F3N3O3. The number of nitrogens with one attached hydrogen (secondary N) is 3. The van der Waals surface area contributed by atoms with Gasteiger partial charge in [-0.25, -0.2) is 0 Å². The maximum atomic E-state index is 12.2. The molecule has 0 saturated heterocycles. The summed E-state index contributed by atoms with van der Waals surface area (Å²) in [7, 11) is 0. The Morgan fingerprint density at radius 1 is 1.10 bits per heavy atom. The highest BCUT2D eigenvalue weighted by atomic mass is 19.4. The smallest absolute Gasteiger partial charge is 0.406 e. The van der Waals surface area contributed by atoms with Gasteiger partial charge in [0.15, 0.2) is 0 Å². The maximum Gasteiger partial charge on any atom is 0.573 e. The van der Waals surface area contributed by atoms with Gasteiger partial charge in [-0.1, -0.05) is 6.07 Å². The van der Waals surface area contributed by atoms with Crippen molar-refractivity contribution in [1.29, 1.82) is 0 Å². The number of anilines is 2. The first-order valence-electron chi connectivity index (χ1n) is 9.01. The number of alkyl halides is 3. The molecule has 29 heavy (non-hydrogen) atoms. The maximum absolute atomic E-state index is 12.2. The number of rotatable bonds is 7. The lowest BCUT2D eigenvalue weighted by Gasteiger charge is -2.13. The molecule has 1 fully saturated rings. The van der Waals surface area contributed by atoms with Gasteiger partial charge in [0.25, 0.3) is 5.91 Å². The van der Waals surface area contributed by atoms with Crippen LogP contribution in [0.1, 0.15) is 28.8 Å². The Morgan fingerprint density at radius 3 is 2.41 bits per heavy atom. The van der Waals surface area contributed by atoms with Crippen LogP contribution in [0.2, 0.25) is 0 Å². The lowest BCUT2D eigenvalue weighted by molar-refractivity contribution is -0.274. The van der Waals surface area contributed by atoms with E-state index < -0.39 is 6.36 Å². The van der Waals surface area contributed by atoms with Crippen molar-refractivity contribution in [2.75, 3.05) is 17.2 Å². The normalized spacial score (nSPS) is 13.5. The van der Waals surface area contributed by atoms with Gasteiger partial charge in [0.1, 0.15) is 5.75 Å². The third kappa shape index (κ3) is 6.41. The third-order valence-electron chi connectivity index (χ3n) is 4.22. The second-order valence-electron chi connectivity index (χ2n) is 6.75. The first-order valence-corrected chi connectivity index (χ1v) is 9.01. The summed E-state index contributed by atoms with van der Waals surface area (Å²) in [4.78, 5) is 24.3. The van der Waals surface area contributed by atoms with Crippen LogP contribution in [-0.2, 0) is 4.79 Å². The minimum absolute atomic E-state index is 0.0741. The highest BCUT2D eigenvalue weighted by molar-refractivity contribution is 5.96. The third-order valence-corrected chi connectivity index (χ3v) is 4.22. The minimum atomic E-state index is -4.77. The molecule has 3 rings (SSSR count). The van der Waals surface area contributed by atoms with Crippen molar-refractivity contribution in [3.05, 3.63) is 53.6 Å². The second kappa shape index (κ2) is 8.42. The molecular weight excluding hydrogens is 387 g/mol. The van der Waals surface area contributed by atoms with E-state index in [2.05, 4.69) is 20.7 Å². The Balaban J connectivity index is 1.54.